The molecule has 0 bridgehead atoms. The first-order chi connectivity index (χ1) is 16.5. The highest BCUT2D eigenvalue weighted by Gasteiger charge is 2.19. The quantitative estimate of drug-likeness (QED) is 0.318. The lowest BCUT2D eigenvalue weighted by molar-refractivity contribution is -0.117. The van der Waals surface area contributed by atoms with Gasteiger partial charge in [-0.3, -0.25) is 14.5 Å². The van der Waals surface area contributed by atoms with E-state index in [-0.39, 0.29) is 24.1 Å². The lowest BCUT2D eigenvalue weighted by atomic mass is 10.0. The smallest absolute Gasteiger partial charge is 0.283 e. The van der Waals surface area contributed by atoms with Gasteiger partial charge in [-0.1, -0.05) is 48.9 Å². The molecular weight excluding hydrogens is 456 g/mol. The van der Waals surface area contributed by atoms with Crippen molar-refractivity contribution in [1.29, 1.82) is 0 Å². The molecule has 0 aliphatic rings. The molecule has 8 nitrogen and oxygen atoms in total. The Kier molecular flexibility index (Phi) is 7.51. The van der Waals surface area contributed by atoms with E-state index >= 15 is 0 Å². The van der Waals surface area contributed by atoms with Crippen LogP contribution in [-0.2, 0) is 11.3 Å². The summed E-state index contributed by atoms with van der Waals surface area (Å²) in [6.07, 6.45) is 2.35. The standard InChI is InChI=1S/C25H23ClN4O4/c1-2-12-30(16-23-28-29-25(34-23)21-9-6-13-33-21)15-22(31)27-20-11-10-18(26)14-19(20)24(32)17-7-4-3-5-8-17/h3-11,13-14H,2,12,15-16H2,1H3,(H,27,31). The summed E-state index contributed by atoms with van der Waals surface area (Å²) in [6, 6.07) is 17.1. The number of benzene rings is 2. The third-order valence-electron chi connectivity index (χ3n) is 5.00. The lowest BCUT2D eigenvalue weighted by Crippen LogP contribution is -2.34. The monoisotopic (exact) mass is 478 g/mol. The van der Waals surface area contributed by atoms with Crippen molar-refractivity contribution in [3.63, 3.8) is 0 Å². The molecule has 0 fully saturated rings. The number of rotatable bonds is 10. The van der Waals surface area contributed by atoms with Gasteiger partial charge >= 0.3 is 0 Å². The zero-order valence-corrected chi connectivity index (χ0v) is 19.3. The van der Waals surface area contributed by atoms with Crippen molar-refractivity contribution in [2.24, 2.45) is 0 Å². The molecule has 0 aliphatic carbocycles. The molecule has 2 aromatic heterocycles. The zero-order chi connectivity index (χ0) is 23.9. The Balaban J connectivity index is 1.46. The van der Waals surface area contributed by atoms with Crippen LogP contribution in [0.1, 0.15) is 35.2 Å². The molecule has 0 saturated heterocycles. The molecule has 1 N–H and O–H groups in total. The predicted molar refractivity (Wildman–Crippen MR) is 128 cm³/mol. The predicted octanol–water partition coefficient (Wildman–Crippen LogP) is 5.06. The van der Waals surface area contributed by atoms with E-state index in [4.69, 9.17) is 20.4 Å². The second-order valence-electron chi connectivity index (χ2n) is 7.62. The summed E-state index contributed by atoms with van der Waals surface area (Å²) in [5.74, 6) is 0.644. The number of aromatic nitrogens is 2. The van der Waals surface area contributed by atoms with Gasteiger partial charge in [0.15, 0.2) is 11.5 Å². The van der Waals surface area contributed by atoms with Crippen LogP contribution in [0.4, 0.5) is 5.69 Å². The summed E-state index contributed by atoms with van der Waals surface area (Å²) in [4.78, 5) is 27.8. The summed E-state index contributed by atoms with van der Waals surface area (Å²) >= 11 is 6.14. The number of carbonyl (C=O) groups excluding carboxylic acids is 2. The molecule has 4 aromatic rings. The van der Waals surface area contributed by atoms with Gasteiger partial charge in [0.1, 0.15) is 0 Å². The summed E-state index contributed by atoms with van der Waals surface area (Å²) in [6.45, 7) is 3.03. The van der Waals surface area contributed by atoms with Crippen molar-refractivity contribution < 1.29 is 18.4 Å². The van der Waals surface area contributed by atoms with E-state index in [9.17, 15) is 9.59 Å². The van der Waals surface area contributed by atoms with E-state index in [1.54, 1.807) is 54.6 Å². The minimum absolute atomic E-state index is 0.0773. The Bertz CT molecular complexity index is 1260. The van der Waals surface area contributed by atoms with Crippen molar-refractivity contribution in [2.45, 2.75) is 19.9 Å². The third-order valence-corrected chi connectivity index (χ3v) is 5.24. The molecule has 1 amide bonds. The van der Waals surface area contributed by atoms with Crippen LogP contribution in [0, 0.1) is 0 Å². The molecule has 2 heterocycles. The van der Waals surface area contributed by atoms with E-state index in [0.29, 0.717) is 46.6 Å². The number of furan rings is 1. The molecule has 2 aromatic carbocycles. The molecule has 0 saturated carbocycles. The maximum absolute atomic E-state index is 13.0. The summed E-state index contributed by atoms with van der Waals surface area (Å²) in [5.41, 5.74) is 1.24. The second kappa shape index (κ2) is 10.9. The highest BCUT2D eigenvalue weighted by atomic mass is 35.5. The Morgan fingerprint density at radius 2 is 1.88 bits per heavy atom. The van der Waals surface area contributed by atoms with Crippen LogP contribution in [0.2, 0.25) is 5.02 Å². The van der Waals surface area contributed by atoms with Gasteiger partial charge < -0.3 is 14.2 Å². The van der Waals surface area contributed by atoms with Gasteiger partial charge in [-0.05, 0) is 43.3 Å². The van der Waals surface area contributed by atoms with Gasteiger partial charge in [0.2, 0.25) is 11.8 Å². The largest absolute Gasteiger partial charge is 0.459 e. The van der Waals surface area contributed by atoms with Crippen molar-refractivity contribution >= 4 is 29.0 Å². The maximum atomic E-state index is 13.0. The first-order valence-corrected chi connectivity index (χ1v) is 11.2. The minimum atomic E-state index is -0.274. The number of hydrogen-bond acceptors (Lipinski definition) is 7. The average molecular weight is 479 g/mol. The summed E-state index contributed by atoms with van der Waals surface area (Å²) < 4.78 is 10.9. The fourth-order valence-corrected chi connectivity index (χ4v) is 3.66. The van der Waals surface area contributed by atoms with Crippen LogP contribution in [-0.4, -0.2) is 39.9 Å². The van der Waals surface area contributed by atoms with Gasteiger partial charge in [0.05, 0.1) is 25.0 Å². The van der Waals surface area contributed by atoms with E-state index < -0.39 is 0 Å². The number of nitrogens with one attached hydrogen (secondary N) is 1. The number of nitrogens with zero attached hydrogens (tertiary/aromatic N) is 3. The van der Waals surface area contributed by atoms with Crippen LogP contribution in [0.3, 0.4) is 0 Å². The fraction of sp³-hybridized carbons (Fsp3) is 0.200. The number of ketones is 1. The Hall–Kier alpha value is -3.75. The third kappa shape index (κ3) is 5.78. The van der Waals surface area contributed by atoms with Crippen LogP contribution in [0.15, 0.2) is 75.8 Å². The lowest BCUT2D eigenvalue weighted by Gasteiger charge is -2.19. The SMILES string of the molecule is CCCN(CC(=O)Nc1ccc(Cl)cc1C(=O)c1ccccc1)Cc1nnc(-c2ccco2)o1. The van der Waals surface area contributed by atoms with Gasteiger partial charge in [0.25, 0.3) is 5.89 Å². The fourth-order valence-electron chi connectivity index (χ4n) is 3.49. The molecule has 9 heteroatoms. The molecule has 0 atom stereocenters. The van der Waals surface area contributed by atoms with Crippen molar-refractivity contribution in [3.05, 3.63) is 89.0 Å². The maximum Gasteiger partial charge on any atom is 0.283 e. The van der Waals surface area contributed by atoms with Crippen LogP contribution < -0.4 is 5.32 Å². The molecule has 4 rings (SSSR count). The molecule has 34 heavy (non-hydrogen) atoms. The van der Waals surface area contributed by atoms with Crippen LogP contribution in [0.5, 0.6) is 0 Å². The van der Waals surface area contributed by atoms with Gasteiger partial charge in [-0.15, -0.1) is 10.2 Å². The normalized spacial score (nSPS) is 11.0. The highest BCUT2D eigenvalue weighted by molar-refractivity contribution is 6.31. The van der Waals surface area contributed by atoms with Crippen molar-refractivity contribution in [3.8, 4) is 11.7 Å². The number of anilines is 1. The Labute approximate surface area is 201 Å². The Morgan fingerprint density at radius 3 is 2.62 bits per heavy atom. The molecule has 0 unspecified atom stereocenters. The van der Waals surface area contributed by atoms with Crippen molar-refractivity contribution in [2.75, 3.05) is 18.4 Å². The van der Waals surface area contributed by atoms with E-state index in [1.807, 2.05) is 17.9 Å². The van der Waals surface area contributed by atoms with Crippen LogP contribution >= 0.6 is 11.6 Å². The number of carbonyl (C=O) groups is 2. The summed E-state index contributed by atoms with van der Waals surface area (Å²) in [5, 5.41) is 11.3. The van der Waals surface area contributed by atoms with Crippen LogP contribution in [0.25, 0.3) is 11.7 Å². The van der Waals surface area contributed by atoms with Gasteiger partial charge in [0, 0.05) is 16.1 Å². The number of hydrogen-bond donors (Lipinski definition) is 1. The van der Waals surface area contributed by atoms with Gasteiger partial charge in [-0.25, -0.2) is 0 Å². The van der Waals surface area contributed by atoms with E-state index in [1.165, 1.54) is 6.26 Å². The zero-order valence-electron chi connectivity index (χ0n) is 18.5. The van der Waals surface area contributed by atoms with E-state index in [0.717, 1.165) is 6.42 Å². The number of halogens is 1. The minimum Gasteiger partial charge on any atom is -0.459 e. The summed E-state index contributed by atoms with van der Waals surface area (Å²) in [7, 11) is 0. The van der Waals surface area contributed by atoms with E-state index in [2.05, 4.69) is 15.5 Å². The number of amides is 1. The molecule has 0 radical (unpaired) electrons. The topological polar surface area (TPSA) is 101 Å². The average Bonchev–Trinajstić information content (AvgIpc) is 3.53. The highest BCUT2D eigenvalue weighted by Crippen LogP contribution is 2.24. The van der Waals surface area contributed by atoms with Gasteiger partial charge in [-0.2, -0.15) is 0 Å². The molecular formula is C25H23ClN4O4. The molecule has 0 spiro atoms. The Morgan fingerprint density at radius 1 is 1.06 bits per heavy atom. The first-order valence-electron chi connectivity index (χ1n) is 10.8. The molecule has 174 valence electrons. The second-order valence-corrected chi connectivity index (χ2v) is 8.06. The molecule has 0 aliphatic heterocycles. The first kappa shape index (κ1) is 23.4. The van der Waals surface area contributed by atoms with Crippen molar-refractivity contribution in [1.82, 2.24) is 15.1 Å².